The molecule has 114 valence electrons. The van der Waals surface area contributed by atoms with Crippen LogP contribution < -0.4 is 0 Å². The lowest BCUT2D eigenvalue weighted by atomic mass is 9.88. The second-order valence-corrected chi connectivity index (χ2v) is 6.18. The Labute approximate surface area is 125 Å². The van der Waals surface area contributed by atoms with Crippen LogP contribution in [0.25, 0.3) is 0 Å². The maximum absolute atomic E-state index is 12.5. The smallest absolute Gasteiger partial charge is 0.329 e. The van der Waals surface area contributed by atoms with Gasteiger partial charge in [0.25, 0.3) is 0 Å². The third-order valence-corrected chi connectivity index (χ3v) is 4.58. The summed E-state index contributed by atoms with van der Waals surface area (Å²) in [6.45, 7) is 6.25. The van der Waals surface area contributed by atoms with Gasteiger partial charge in [-0.2, -0.15) is 0 Å². The van der Waals surface area contributed by atoms with Gasteiger partial charge < -0.3 is 10.0 Å². The Bertz CT molecular complexity index is 567. The maximum Gasteiger partial charge on any atom is 0.329 e. The number of hydrogen-bond acceptors (Lipinski definition) is 2. The van der Waals surface area contributed by atoms with Gasteiger partial charge in [-0.05, 0) is 56.7 Å². The number of aryl methyl sites for hydroxylation is 2. The number of benzene rings is 1. The normalized spacial score (nSPS) is 22.1. The predicted molar refractivity (Wildman–Crippen MR) is 81.2 cm³/mol. The number of carbonyl (C=O) groups excluding carboxylic acids is 1. The van der Waals surface area contributed by atoms with Crippen molar-refractivity contribution in [1.29, 1.82) is 0 Å². The van der Waals surface area contributed by atoms with Crippen LogP contribution in [0.2, 0.25) is 0 Å². The number of amides is 1. The zero-order chi connectivity index (χ0) is 15.6. The molecule has 0 aromatic heterocycles. The molecule has 1 aromatic rings. The average molecular weight is 289 g/mol. The molecule has 0 radical (unpaired) electrons. The Kier molecular flexibility index (Phi) is 4.35. The van der Waals surface area contributed by atoms with E-state index < -0.39 is 11.5 Å². The third-order valence-electron chi connectivity index (χ3n) is 4.58. The van der Waals surface area contributed by atoms with Crippen molar-refractivity contribution < 1.29 is 14.7 Å². The van der Waals surface area contributed by atoms with Gasteiger partial charge in [-0.25, -0.2) is 4.79 Å². The summed E-state index contributed by atoms with van der Waals surface area (Å²) in [5.74, 6) is -1.00. The van der Waals surface area contributed by atoms with Crippen LogP contribution in [0.3, 0.4) is 0 Å². The van der Waals surface area contributed by atoms with E-state index in [2.05, 4.69) is 0 Å². The standard InChI is InChI=1S/C17H23NO3/c1-12-6-7-14(10-13(12)2)11-15(19)18-9-5-4-8-17(18,3)16(20)21/h6-7,10H,4-5,8-9,11H2,1-3H3,(H,20,21). The lowest BCUT2D eigenvalue weighted by Crippen LogP contribution is -2.57. The van der Waals surface area contributed by atoms with E-state index in [-0.39, 0.29) is 12.3 Å². The zero-order valence-corrected chi connectivity index (χ0v) is 13.0. The van der Waals surface area contributed by atoms with Crippen LogP contribution in [-0.2, 0) is 16.0 Å². The van der Waals surface area contributed by atoms with E-state index in [9.17, 15) is 14.7 Å². The van der Waals surface area contributed by atoms with E-state index in [0.717, 1.165) is 24.0 Å². The van der Waals surface area contributed by atoms with Gasteiger partial charge in [0.2, 0.25) is 5.91 Å². The van der Waals surface area contributed by atoms with Crippen LogP contribution in [0.4, 0.5) is 0 Å². The molecule has 1 fully saturated rings. The number of aliphatic carboxylic acids is 1. The van der Waals surface area contributed by atoms with Crippen molar-refractivity contribution in [3.8, 4) is 0 Å². The summed E-state index contributed by atoms with van der Waals surface area (Å²) in [6, 6.07) is 5.96. The predicted octanol–water partition coefficient (Wildman–Crippen LogP) is 2.70. The highest BCUT2D eigenvalue weighted by Gasteiger charge is 2.43. The first-order valence-electron chi connectivity index (χ1n) is 7.44. The Hall–Kier alpha value is -1.84. The summed E-state index contributed by atoms with van der Waals surface area (Å²) in [7, 11) is 0. The molecule has 1 unspecified atom stereocenters. The first kappa shape index (κ1) is 15.5. The van der Waals surface area contributed by atoms with Crippen molar-refractivity contribution in [1.82, 2.24) is 4.90 Å². The fraction of sp³-hybridized carbons (Fsp3) is 0.529. The van der Waals surface area contributed by atoms with E-state index in [4.69, 9.17) is 0 Å². The molecule has 0 aliphatic carbocycles. The molecule has 0 saturated carbocycles. The van der Waals surface area contributed by atoms with Crippen LogP contribution in [0.5, 0.6) is 0 Å². The molecule has 4 nitrogen and oxygen atoms in total. The molecular formula is C17H23NO3. The Morgan fingerprint density at radius 1 is 1.24 bits per heavy atom. The molecule has 1 atom stereocenters. The molecule has 1 heterocycles. The highest BCUT2D eigenvalue weighted by molar-refractivity contribution is 5.88. The number of hydrogen-bond donors (Lipinski definition) is 1. The number of rotatable bonds is 3. The van der Waals surface area contributed by atoms with Crippen molar-refractivity contribution in [2.45, 2.75) is 52.0 Å². The largest absolute Gasteiger partial charge is 0.480 e. The molecule has 1 aliphatic heterocycles. The quantitative estimate of drug-likeness (QED) is 0.930. The molecule has 4 heteroatoms. The van der Waals surface area contributed by atoms with Gasteiger partial charge in [-0.15, -0.1) is 0 Å². The summed E-state index contributed by atoms with van der Waals surface area (Å²) in [6.07, 6.45) is 2.53. The van der Waals surface area contributed by atoms with E-state index >= 15 is 0 Å². The van der Waals surface area contributed by atoms with Crippen LogP contribution in [-0.4, -0.2) is 34.0 Å². The van der Waals surface area contributed by atoms with E-state index in [0.29, 0.717) is 13.0 Å². The van der Waals surface area contributed by atoms with Crippen molar-refractivity contribution in [3.63, 3.8) is 0 Å². The summed E-state index contributed by atoms with van der Waals surface area (Å²) >= 11 is 0. The Balaban J connectivity index is 2.18. The van der Waals surface area contributed by atoms with Crippen molar-refractivity contribution in [3.05, 3.63) is 34.9 Å². The van der Waals surface area contributed by atoms with Crippen LogP contribution in [0.15, 0.2) is 18.2 Å². The number of nitrogens with zero attached hydrogens (tertiary/aromatic N) is 1. The minimum Gasteiger partial charge on any atom is -0.480 e. The van der Waals surface area contributed by atoms with E-state index in [1.165, 1.54) is 5.56 Å². The summed E-state index contributed by atoms with van der Waals surface area (Å²) in [4.78, 5) is 25.6. The number of piperidine rings is 1. The number of carboxylic acids is 1. The van der Waals surface area contributed by atoms with E-state index in [1.807, 2.05) is 32.0 Å². The molecule has 1 amide bonds. The molecule has 0 bridgehead atoms. The van der Waals surface area contributed by atoms with E-state index in [1.54, 1.807) is 11.8 Å². The molecular weight excluding hydrogens is 266 g/mol. The van der Waals surface area contributed by atoms with Crippen LogP contribution in [0.1, 0.15) is 42.9 Å². The van der Waals surface area contributed by atoms with Gasteiger partial charge in [0.05, 0.1) is 6.42 Å². The SMILES string of the molecule is Cc1ccc(CC(=O)N2CCCCC2(C)C(=O)O)cc1C. The lowest BCUT2D eigenvalue weighted by molar-refractivity contribution is -0.160. The fourth-order valence-electron chi connectivity index (χ4n) is 2.93. The first-order valence-corrected chi connectivity index (χ1v) is 7.44. The monoisotopic (exact) mass is 289 g/mol. The second-order valence-electron chi connectivity index (χ2n) is 6.18. The molecule has 21 heavy (non-hydrogen) atoms. The lowest BCUT2D eigenvalue weighted by Gasteiger charge is -2.41. The molecule has 1 saturated heterocycles. The topological polar surface area (TPSA) is 57.6 Å². The van der Waals surface area contributed by atoms with Gasteiger partial charge in [0, 0.05) is 6.54 Å². The Morgan fingerprint density at radius 3 is 2.57 bits per heavy atom. The van der Waals surface area contributed by atoms with Gasteiger partial charge in [-0.1, -0.05) is 18.2 Å². The summed E-state index contributed by atoms with van der Waals surface area (Å²) in [5, 5.41) is 9.47. The first-order chi connectivity index (χ1) is 9.84. The van der Waals surface area contributed by atoms with Gasteiger partial charge in [0.15, 0.2) is 0 Å². The summed E-state index contributed by atoms with van der Waals surface area (Å²) in [5.41, 5.74) is 2.23. The molecule has 0 spiro atoms. The molecule has 1 aliphatic rings. The molecule has 1 N–H and O–H groups in total. The zero-order valence-electron chi connectivity index (χ0n) is 13.0. The minimum absolute atomic E-state index is 0.0946. The highest BCUT2D eigenvalue weighted by atomic mass is 16.4. The minimum atomic E-state index is -1.06. The molecule has 2 rings (SSSR count). The number of carboxylic acid groups (broad SMARTS) is 1. The number of likely N-dealkylation sites (tertiary alicyclic amines) is 1. The van der Waals surface area contributed by atoms with Crippen molar-refractivity contribution in [2.24, 2.45) is 0 Å². The molecule has 1 aromatic carbocycles. The second kappa shape index (κ2) is 5.88. The summed E-state index contributed by atoms with van der Waals surface area (Å²) < 4.78 is 0. The van der Waals surface area contributed by atoms with Crippen molar-refractivity contribution >= 4 is 11.9 Å². The Morgan fingerprint density at radius 2 is 1.95 bits per heavy atom. The maximum atomic E-state index is 12.5. The third kappa shape index (κ3) is 3.09. The van der Waals surface area contributed by atoms with Gasteiger partial charge in [0.1, 0.15) is 5.54 Å². The average Bonchev–Trinajstić information content (AvgIpc) is 2.43. The van der Waals surface area contributed by atoms with Crippen molar-refractivity contribution in [2.75, 3.05) is 6.54 Å². The van der Waals surface area contributed by atoms with Crippen LogP contribution in [0, 0.1) is 13.8 Å². The fourth-order valence-corrected chi connectivity index (χ4v) is 2.93. The van der Waals surface area contributed by atoms with Gasteiger partial charge in [-0.3, -0.25) is 4.79 Å². The van der Waals surface area contributed by atoms with Gasteiger partial charge >= 0.3 is 5.97 Å². The number of carbonyl (C=O) groups is 2. The highest BCUT2D eigenvalue weighted by Crippen LogP contribution is 2.29. The van der Waals surface area contributed by atoms with Crippen LogP contribution >= 0.6 is 0 Å².